The summed E-state index contributed by atoms with van der Waals surface area (Å²) in [5.41, 5.74) is 2.69. The molecular formula is C16H19N5O2. The third-order valence-corrected chi connectivity index (χ3v) is 3.75. The monoisotopic (exact) mass is 313 g/mol. The molecule has 3 N–H and O–H groups in total. The molecule has 1 aliphatic rings. The van der Waals surface area contributed by atoms with E-state index in [1.54, 1.807) is 17.2 Å². The molecule has 2 aromatic rings. The van der Waals surface area contributed by atoms with Gasteiger partial charge in [-0.3, -0.25) is 9.89 Å². The smallest absolute Gasteiger partial charge is 0.315 e. The molecule has 0 bridgehead atoms. The van der Waals surface area contributed by atoms with E-state index in [1.807, 2.05) is 24.3 Å². The average Bonchev–Trinajstić information content (AvgIpc) is 3.22. The van der Waals surface area contributed by atoms with Gasteiger partial charge in [0.25, 0.3) is 0 Å². The van der Waals surface area contributed by atoms with Crippen LogP contribution < -0.4 is 15.5 Å². The molecule has 0 unspecified atom stereocenters. The fourth-order valence-electron chi connectivity index (χ4n) is 2.56. The van der Waals surface area contributed by atoms with E-state index in [0.29, 0.717) is 19.5 Å². The number of hydrogen-bond donors (Lipinski definition) is 3. The van der Waals surface area contributed by atoms with Crippen LogP contribution in [0.15, 0.2) is 36.5 Å². The normalized spacial score (nSPS) is 14.1. The van der Waals surface area contributed by atoms with Crippen molar-refractivity contribution in [1.29, 1.82) is 0 Å². The Kier molecular flexibility index (Phi) is 4.56. The van der Waals surface area contributed by atoms with E-state index < -0.39 is 0 Å². The molecule has 0 aliphatic carbocycles. The summed E-state index contributed by atoms with van der Waals surface area (Å²) in [5.74, 6) is 0.160. The van der Waals surface area contributed by atoms with Gasteiger partial charge < -0.3 is 15.5 Å². The Bertz CT molecular complexity index is 684. The summed E-state index contributed by atoms with van der Waals surface area (Å²) >= 11 is 0. The lowest BCUT2D eigenvalue weighted by molar-refractivity contribution is -0.117. The van der Waals surface area contributed by atoms with Gasteiger partial charge >= 0.3 is 6.03 Å². The van der Waals surface area contributed by atoms with Gasteiger partial charge in [-0.1, -0.05) is 12.1 Å². The highest BCUT2D eigenvalue weighted by Crippen LogP contribution is 2.22. The summed E-state index contributed by atoms with van der Waals surface area (Å²) in [5, 5.41) is 12.1. The number of anilines is 1. The first-order valence-electron chi connectivity index (χ1n) is 7.61. The lowest BCUT2D eigenvalue weighted by atomic mass is 10.2. The van der Waals surface area contributed by atoms with Crippen molar-refractivity contribution in [2.75, 3.05) is 11.4 Å². The van der Waals surface area contributed by atoms with Crippen LogP contribution >= 0.6 is 0 Å². The molecule has 1 aliphatic heterocycles. The van der Waals surface area contributed by atoms with Gasteiger partial charge in [0.1, 0.15) is 0 Å². The van der Waals surface area contributed by atoms with E-state index >= 15 is 0 Å². The Hall–Kier alpha value is -2.83. The van der Waals surface area contributed by atoms with Crippen LogP contribution in [-0.2, 0) is 17.9 Å². The number of nitrogens with one attached hydrogen (secondary N) is 3. The second-order valence-corrected chi connectivity index (χ2v) is 5.44. The van der Waals surface area contributed by atoms with Gasteiger partial charge in [0.2, 0.25) is 5.91 Å². The van der Waals surface area contributed by atoms with Gasteiger partial charge in [-0.25, -0.2) is 4.79 Å². The number of aromatic amines is 1. The predicted molar refractivity (Wildman–Crippen MR) is 85.7 cm³/mol. The van der Waals surface area contributed by atoms with Crippen LogP contribution in [0, 0.1) is 0 Å². The summed E-state index contributed by atoms with van der Waals surface area (Å²) in [6.45, 7) is 1.57. The van der Waals surface area contributed by atoms with Crippen molar-refractivity contribution in [1.82, 2.24) is 20.8 Å². The molecule has 0 saturated carbocycles. The number of amides is 3. The number of benzene rings is 1. The van der Waals surface area contributed by atoms with Crippen LogP contribution in [0.1, 0.15) is 24.1 Å². The third kappa shape index (κ3) is 3.88. The molecule has 1 fully saturated rings. The Morgan fingerprint density at radius 2 is 2.13 bits per heavy atom. The largest absolute Gasteiger partial charge is 0.334 e. The van der Waals surface area contributed by atoms with Crippen molar-refractivity contribution in [3.05, 3.63) is 47.8 Å². The number of rotatable bonds is 5. The SMILES string of the molecule is O=C(NCc1cccc(N2CCCC2=O)c1)NCc1ccn[nH]1. The fourth-order valence-corrected chi connectivity index (χ4v) is 2.56. The average molecular weight is 313 g/mol. The maximum atomic E-state index is 11.8. The zero-order valence-electron chi connectivity index (χ0n) is 12.7. The van der Waals surface area contributed by atoms with E-state index in [-0.39, 0.29) is 11.9 Å². The lowest BCUT2D eigenvalue weighted by Gasteiger charge is -2.16. The highest BCUT2D eigenvalue weighted by molar-refractivity contribution is 5.95. The standard InChI is InChI=1S/C16H19N5O2/c22-15-5-2-8-21(15)14-4-1-3-12(9-14)10-17-16(23)18-11-13-6-7-19-20-13/h1,3-4,6-7,9H,2,5,8,10-11H2,(H,19,20)(H2,17,18,23). The Labute approximate surface area is 134 Å². The topological polar surface area (TPSA) is 90.1 Å². The van der Waals surface area contributed by atoms with Crippen molar-refractivity contribution in [2.24, 2.45) is 0 Å². The molecule has 2 heterocycles. The van der Waals surface area contributed by atoms with E-state index in [2.05, 4.69) is 20.8 Å². The molecule has 1 aromatic carbocycles. The molecule has 0 spiro atoms. The second kappa shape index (κ2) is 6.95. The van der Waals surface area contributed by atoms with E-state index in [4.69, 9.17) is 0 Å². The number of carbonyl (C=O) groups is 2. The van der Waals surface area contributed by atoms with Gasteiger partial charge in [0.05, 0.1) is 12.2 Å². The number of carbonyl (C=O) groups excluding carboxylic acids is 2. The number of nitrogens with zero attached hydrogens (tertiary/aromatic N) is 2. The molecule has 120 valence electrons. The number of H-pyrrole nitrogens is 1. The summed E-state index contributed by atoms with van der Waals surface area (Å²) in [6.07, 6.45) is 3.15. The first-order chi connectivity index (χ1) is 11.2. The second-order valence-electron chi connectivity index (χ2n) is 5.44. The molecule has 3 amide bonds. The van der Waals surface area contributed by atoms with Gasteiger partial charge in [-0.15, -0.1) is 0 Å². The molecule has 1 saturated heterocycles. The van der Waals surface area contributed by atoms with Crippen molar-refractivity contribution in [3.63, 3.8) is 0 Å². The van der Waals surface area contributed by atoms with Crippen LogP contribution in [0.2, 0.25) is 0 Å². The lowest BCUT2D eigenvalue weighted by Crippen LogP contribution is -2.34. The number of hydrogen-bond acceptors (Lipinski definition) is 3. The summed E-state index contributed by atoms with van der Waals surface area (Å²) in [6, 6.07) is 9.25. The molecule has 7 nitrogen and oxygen atoms in total. The van der Waals surface area contributed by atoms with E-state index in [1.165, 1.54) is 0 Å². The minimum absolute atomic E-state index is 0.160. The molecule has 0 atom stereocenters. The molecule has 3 rings (SSSR count). The summed E-state index contributed by atoms with van der Waals surface area (Å²) < 4.78 is 0. The molecular weight excluding hydrogens is 294 g/mol. The maximum Gasteiger partial charge on any atom is 0.315 e. The molecule has 0 radical (unpaired) electrons. The van der Waals surface area contributed by atoms with Crippen LogP contribution in [0.4, 0.5) is 10.5 Å². The van der Waals surface area contributed by atoms with Crippen LogP contribution in [-0.4, -0.2) is 28.7 Å². The van der Waals surface area contributed by atoms with Crippen molar-refractivity contribution in [3.8, 4) is 0 Å². The minimum atomic E-state index is -0.248. The van der Waals surface area contributed by atoms with Crippen LogP contribution in [0.25, 0.3) is 0 Å². The minimum Gasteiger partial charge on any atom is -0.334 e. The first-order valence-corrected chi connectivity index (χ1v) is 7.61. The van der Waals surface area contributed by atoms with Crippen molar-refractivity contribution >= 4 is 17.6 Å². The zero-order chi connectivity index (χ0) is 16.1. The Balaban J connectivity index is 1.51. The first kappa shape index (κ1) is 15.1. The van der Waals surface area contributed by atoms with Gasteiger partial charge in [0, 0.05) is 31.4 Å². The summed E-state index contributed by atoms with van der Waals surface area (Å²) in [4.78, 5) is 25.4. The maximum absolute atomic E-state index is 11.8. The van der Waals surface area contributed by atoms with Crippen LogP contribution in [0.3, 0.4) is 0 Å². The highest BCUT2D eigenvalue weighted by atomic mass is 16.2. The summed E-state index contributed by atoms with van der Waals surface area (Å²) in [7, 11) is 0. The zero-order valence-corrected chi connectivity index (χ0v) is 12.7. The Morgan fingerprint density at radius 3 is 2.87 bits per heavy atom. The molecule has 1 aromatic heterocycles. The Morgan fingerprint density at radius 1 is 1.26 bits per heavy atom. The predicted octanol–water partition coefficient (Wildman–Crippen LogP) is 1.54. The van der Waals surface area contributed by atoms with E-state index in [0.717, 1.165) is 29.9 Å². The van der Waals surface area contributed by atoms with Gasteiger partial charge in [-0.05, 0) is 30.2 Å². The van der Waals surface area contributed by atoms with Crippen molar-refractivity contribution < 1.29 is 9.59 Å². The van der Waals surface area contributed by atoms with Gasteiger partial charge in [-0.2, -0.15) is 5.10 Å². The number of urea groups is 1. The van der Waals surface area contributed by atoms with E-state index in [9.17, 15) is 9.59 Å². The van der Waals surface area contributed by atoms with Gasteiger partial charge in [0.15, 0.2) is 0 Å². The highest BCUT2D eigenvalue weighted by Gasteiger charge is 2.21. The molecule has 7 heteroatoms. The third-order valence-electron chi connectivity index (χ3n) is 3.75. The van der Waals surface area contributed by atoms with Crippen LogP contribution in [0.5, 0.6) is 0 Å². The number of aromatic nitrogens is 2. The fraction of sp³-hybridized carbons (Fsp3) is 0.312. The van der Waals surface area contributed by atoms with Crippen molar-refractivity contribution in [2.45, 2.75) is 25.9 Å². The molecule has 23 heavy (non-hydrogen) atoms. The quantitative estimate of drug-likeness (QED) is 0.782.